The molecule has 0 amide bonds. The molecule has 5 heteroatoms. The van der Waals surface area contributed by atoms with Gasteiger partial charge in [0, 0.05) is 11.3 Å². The normalized spacial score (nSPS) is 14.5. The number of carboxylic acid groups (broad SMARTS) is 1. The van der Waals surface area contributed by atoms with Crippen LogP contribution in [0.1, 0.15) is 34.7 Å². The van der Waals surface area contributed by atoms with E-state index in [1.54, 1.807) is 0 Å². The van der Waals surface area contributed by atoms with Crippen molar-refractivity contribution in [3.05, 3.63) is 29.1 Å². The van der Waals surface area contributed by atoms with Gasteiger partial charge in [0.25, 0.3) is 0 Å². The second-order valence-electron chi connectivity index (χ2n) is 3.52. The van der Waals surface area contributed by atoms with Crippen LogP contribution in [-0.4, -0.2) is 5.97 Å². The number of halogens is 1. The summed E-state index contributed by atoms with van der Waals surface area (Å²) in [7, 11) is 0. The Hall–Kier alpha value is -0.983. The average molecular weight is 201 g/mol. The third kappa shape index (κ3) is 2.33. The molecule has 1 aliphatic rings. The van der Waals surface area contributed by atoms with Crippen LogP contribution >= 0.6 is 0 Å². The van der Waals surface area contributed by atoms with Crippen molar-refractivity contribution in [3.8, 4) is 0 Å². The summed E-state index contributed by atoms with van der Waals surface area (Å²) in [5.74, 6) is -1.62. The minimum atomic E-state index is -1.36. The quantitative estimate of drug-likeness (QED) is 0.430. The Bertz CT molecular complexity index is 405. The molecular weight excluding hydrogens is 192 g/mol. The molecule has 2 rings (SSSR count). The number of rotatable bonds is 2. The SMILES string of the molecule is Nc1cc(F)c(C2CC2)cc1C(=O)[O-].[Li+]. The van der Waals surface area contributed by atoms with Gasteiger partial charge in [0.2, 0.25) is 0 Å². The molecule has 0 aliphatic heterocycles. The average Bonchev–Trinajstić information content (AvgIpc) is 2.86. The van der Waals surface area contributed by atoms with Gasteiger partial charge in [-0.2, -0.15) is 0 Å². The Morgan fingerprint density at radius 1 is 1.47 bits per heavy atom. The maximum absolute atomic E-state index is 13.3. The number of carbonyl (C=O) groups excluding carboxylic acids is 1. The number of carboxylic acids is 1. The molecule has 1 fully saturated rings. The smallest absolute Gasteiger partial charge is 0.545 e. The summed E-state index contributed by atoms with van der Waals surface area (Å²) >= 11 is 0. The maximum Gasteiger partial charge on any atom is 1.00 e. The topological polar surface area (TPSA) is 66.2 Å². The molecule has 3 nitrogen and oxygen atoms in total. The van der Waals surface area contributed by atoms with Gasteiger partial charge < -0.3 is 15.6 Å². The van der Waals surface area contributed by atoms with Gasteiger partial charge in [0.15, 0.2) is 0 Å². The van der Waals surface area contributed by atoms with E-state index in [1.165, 1.54) is 6.07 Å². The van der Waals surface area contributed by atoms with E-state index < -0.39 is 11.8 Å². The summed E-state index contributed by atoms with van der Waals surface area (Å²) in [5, 5.41) is 10.6. The van der Waals surface area contributed by atoms with Crippen LogP contribution in [0.3, 0.4) is 0 Å². The van der Waals surface area contributed by atoms with Crippen molar-refractivity contribution in [2.24, 2.45) is 0 Å². The molecule has 1 aliphatic carbocycles. The molecule has 0 radical (unpaired) electrons. The van der Waals surface area contributed by atoms with Gasteiger partial charge in [-0.15, -0.1) is 0 Å². The van der Waals surface area contributed by atoms with Crippen molar-refractivity contribution in [2.45, 2.75) is 18.8 Å². The zero-order valence-electron chi connectivity index (χ0n) is 8.42. The van der Waals surface area contributed by atoms with Crippen molar-refractivity contribution >= 4 is 11.7 Å². The first kappa shape index (κ1) is 12.1. The van der Waals surface area contributed by atoms with Crippen LogP contribution in [0, 0.1) is 5.82 Å². The number of hydrogen-bond donors (Lipinski definition) is 1. The number of anilines is 1. The first-order valence-electron chi connectivity index (χ1n) is 4.40. The molecule has 1 saturated carbocycles. The fourth-order valence-corrected chi connectivity index (χ4v) is 1.49. The summed E-state index contributed by atoms with van der Waals surface area (Å²) in [5.41, 5.74) is 5.60. The summed E-state index contributed by atoms with van der Waals surface area (Å²) < 4.78 is 13.3. The van der Waals surface area contributed by atoms with E-state index in [0.717, 1.165) is 18.9 Å². The van der Waals surface area contributed by atoms with Gasteiger partial charge in [0.05, 0.1) is 5.97 Å². The molecule has 0 heterocycles. The Labute approximate surface area is 98.6 Å². The van der Waals surface area contributed by atoms with Crippen molar-refractivity contribution < 1.29 is 33.2 Å². The second-order valence-corrected chi connectivity index (χ2v) is 3.52. The molecule has 74 valence electrons. The summed E-state index contributed by atoms with van der Waals surface area (Å²) in [6, 6.07) is 2.34. The van der Waals surface area contributed by atoms with Crippen LogP contribution in [0.2, 0.25) is 0 Å². The second kappa shape index (κ2) is 4.26. The number of benzene rings is 1. The van der Waals surface area contributed by atoms with E-state index in [0.29, 0.717) is 5.56 Å². The van der Waals surface area contributed by atoms with Gasteiger partial charge >= 0.3 is 18.9 Å². The number of carbonyl (C=O) groups is 1. The number of hydrogen-bond acceptors (Lipinski definition) is 3. The third-order valence-electron chi connectivity index (χ3n) is 2.41. The van der Waals surface area contributed by atoms with Crippen LogP contribution in [0.5, 0.6) is 0 Å². The summed E-state index contributed by atoms with van der Waals surface area (Å²) in [4.78, 5) is 10.6. The fraction of sp³-hybridized carbons (Fsp3) is 0.300. The van der Waals surface area contributed by atoms with Crippen LogP contribution < -0.4 is 29.7 Å². The Morgan fingerprint density at radius 3 is 2.53 bits per heavy atom. The molecular formula is C10H9FLiNO2. The standard InChI is InChI=1S/C10H10FNO2.Li/c11-8-4-9(12)7(10(13)14)3-6(8)5-1-2-5;/h3-5H,1-2,12H2,(H,13,14);/q;+1/p-1. The van der Waals surface area contributed by atoms with E-state index in [1.807, 2.05) is 0 Å². The summed E-state index contributed by atoms with van der Waals surface area (Å²) in [6.45, 7) is 0. The minimum absolute atomic E-state index is 0. The van der Waals surface area contributed by atoms with E-state index >= 15 is 0 Å². The molecule has 0 bridgehead atoms. The van der Waals surface area contributed by atoms with Crippen molar-refractivity contribution in [3.63, 3.8) is 0 Å². The maximum atomic E-state index is 13.3. The first-order valence-corrected chi connectivity index (χ1v) is 4.40. The molecule has 0 aromatic heterocycles. The van der Waals surface area contributed by atoms with Gasteiger partial charge in [-0.25, -0.2) is 4.39 Å². The Kier molecular flexibility index (Phi) is 3.43. The number of aromatic carboxylic acids is 1. The molecule has 0 atom stereocenters. The zero-order chi connectivity index (χ0) is 10.3. The van der Waals surface area contributed by atoms with Crippen molar-refractivity contribution in [2.75, 3.05) is 5.73 Å². The third-order valence-corrected chi connectivity index (χ3v) is 2.41. The number of nitrogens with two attached hydrogens (primary N) is 1. The predicted octanol–water partition coefficient (Wildman–Crippen LogP) is -2.35. The fourth-order valence-electron chi connectivity index (χ4n) is 1.49. The first-order chi connectivity index (χ1) is 6.59. The molecule has 0 unspecified atom stereocenters. The molecule has 0 saturated heterocycles. The number of nitrogen functional groups attached to an aromatic ring is 1. The van der Waals surface area contributed by atoms with E-state index in [2.05, 4.69) is 0 Å². The monoisotopic (exact) mass is 201 g/mol. The van der Waals surface area contributed by atoms with E-state index in [-0.39, 0.29) is 36.0 Å². The van der Waals surface area contributed by atoms with E-state index in [4.69, 9.17) is 5.73 Å². The van der Waals surface area contributed by atoms with Gasteiger partial charge in [0.1, 0.15) is 5.82 Å². The van der Waals surface area contributed by atoms with Crippen LogP contribution in [-0.2, 0) is 0 Å². The molecule has 1 aromatic carbocycles. The molecule has 15 heavy (non-hydrogen) atoms. The van der Waals surface area contributed by atoms with Crippen LogP contribution in [0.15, 0.2) is 12.1 Å². The van der Waals surface area contributed by atoms with Crippen molar-refractivity contribution in [1.82, 2.24) is 0 Å². The molecule has 2 N–H and O–H groups in total. The molecule has 1 aromatic rings. The minimum Gasteiger partial charge on any atom is -0.545 e. The van der Waals surface area contributed by atoms with E-state index in [9.17, 15) is 14.3 Å². The Morgan fingerprint density at radius 2 is 2.07 bits per heavy atom. The zero-order valence-corrected chi connectivity index (χ0v) is 8.42. The Balaban J connectivity index is 0.00000112. The van der Waals surface area contributed by atoms with Gasteiger partial charge in [-0.3, -0.25) is 0 Å². The van der Waals surface area contributed by atoms with Crippen LogP contribution in [0.25, 0.3) is 0 Å². The molecule has 0 spiro atoms. The largest absolute Gasteiger partial charge is 1.00 e. The van der Waals surface area contributed by atoms with Gasteiger partial charge in [-0.05, 0) is 36.5 Å². The van der Waals surface area contributed by atoms with Crippen LogP contribution in [0.4, 0.5) is 10.1 Å². The van der Waals surface area contributed by atoms with Crippen molar-refractivity contribution in [1.29, 1.82) is 0 Å². The predicted molar refractivity (Wildman–Crippen MR) is 47.1 cm³/mol. The summed E-state index contributed by atoms with van der Waals surface area (Å²) in [6.07, 6.45) is 1.82. The van der Waals surface area contributed by atoms with Gasteiger partial charge in [-0.1, -0.05) is 0 Å².